The Morgan fingerprint density at radius 2 is 2.13 bits per heavy atom. The van der Waals surface area contributed by atoms with E-state index in [9.17, 15) is 14.6 Å². The number of aliphatic hydroxyl groups is 2. The summed E-state index contributed by atoms with van der Waals surface area (Å²) in [4.78, 5) is 0. The van der Waals surface area contributed by atoms with Gasteiger partial charge in [0.2, 0.25) is 0 Å². The van der Waals surface area contributed by atoms with Crippen LogP contribution >= 0.6 is 11.6 Å². The Bertz CT molecular complexity index is 335. The van der Waals surface area contributed by atoms with Gasteiger partial charge in [0.1, 0.15) is 11.9 Å². The lowest BCUT2D eigenvalue weighted by molar-refractivity contribution is 0.0201. The zero-order valence-corrected chi connectivity index (χ0v) is 9.00. The fourth-order valence-electron chi connectivity index (χ4n) is 1.28. The van der Waals surface area contributed by atoms with Crippen molar-refractivity contribution in [1.29, 1.82) is 0 Å². The van der Waals surface area contributed by atoms with Crippen molar-refractivity contribution in [2.45, 2.75) is 12.2 Å². The van der Waals surface area contributed by atoms with E-state index in [2.05, 4.69) is 5.32 Å². The smallest absolute Gasteiger partial charge is 0.142 e. The van der Waals surface area contributed by atoms with Gasteiger partial charge in [0.25, 0.3) is 0 Å². The first-order valence-electron chi connectivity index (χ1n) is 4.52. The molecular weight excluding hydrogens is 221 g/mol. The maximum atomic E-state index is 13.0. The molecular formula is C10H13ClFNO2. The first-order valence-corrected chi connectivity index (χ1v) is 4.90. The first-order chi connectivity index (χ1) is 7.07. The van der Waals surface area contributed by atoms with Crippen LogP contribution in [0.1, 0.15) is 11.7 Å². The highest BCUT2D eigenvalue weighted by Crippen LogP contribution is 2.27. The molecule has 0 aromatic heterocycles. The highest BCUT2D eigenvalue weighted by Gasteiger charge is 2.21. The molecule has 84 valence electrons. The Kier molecular flexibility index (Phi) is 4.47. The van der Waals surface area contributed by atoms with Crippen molar-refractivity contribution in [3.05, 3.63) is 34.6 Å². The van der Waals surface area contributed by atoms with E-state index in [0.717, 1.165) is 0 Å². The van der Waals surface area contributed by atoms with Gasteiger partial charge in [-0.15, -0.1) is 0 Å². The predicted molar refractivity (Wildman–Crippen MR) is 56.3 cm³/mol. The number of aliphatic hydroxyl groups excluding tert-OH is 2. The number of benzene rings is 1. The second-order valence-corrected chi connectivity index (χ2v) is 3.59. The van der Waals surface area contributed by atoms with Gasteiger partial charge in [0.15, 0.2) is 0 Å². The molecule has 3 nitrogen and oxygen atoms in total. The van der Waals surface area contributed by atoms with Crippen LogP contribution in [0.2, 0.25) is 5.02 Å². The minimum Gasteiger partial charge on any atom is -0.389 e. The molecule has 0 aliphatic rings. The fraction of sp³-hybridized carbons (Fsp3) is 0.400. The summed E-state index contributed by atoms with van der Waals surface area (Å²) in [6.45, 7) is 0.202. The van der Waals surface area contributed by atoms with Gasteiger partial charge in [0.05, 0.1) is 11.1 Å². The number of hydrogen-bond donors (Lipinski definition) is 3. The summed E-state index contributed by atoms with van der Waals surface area (Å²) < 4.78 is 13.0. The van der Waals surface area contributed by atoms with Crippen molar-refractivity contribution in [2.24, 2.45) is 0 Å². The molecule has 0 bridgehead atoms. The number of nitrogens with one attached hydrogen (secondary N) is 1. The Hall–Kier alpha value is -0.680. The van der Waals surface area contributed by atoms with Crippen LogP contribution in [0.15, 0.2) is 18.2 Å². The second-order valence-electron chi connectivity index (χ2n) is 3.21. The van der Waals surface area contributed by atoms with E-state index in [4.69, 9.17) is 11.6 Å². The molecule has 2 unspecified atom stereocenters. The predicted octanol–water partition coefficient (Wildman–Crippen LogP) is 1.09. The van der Waals surface area contributed by atoms with Gasteiger partial charge in [-0.3, -0.25) is 0 Å². The zero-order valence-electron chi connectivity index (χ0n) is 8.24. The van der Waals surface area contributed by atoms with Crippen LogP contribution in [0.3, 0.4) is 0 Å². The maximum Gasteiger partial charge on any atom is 0.142 e. The number of likely N-dealkylation sites (N-methyl/N-ethyl adjacent to an activating group) is 1. The van der Waals surface area contributed by atoms with Crippen molar-refractivity contribution in [3.63, 3.8) is 0 Å². The van der Waals surface area contributed by atoms with Crippen LogP contribution in [0.4, 0.5) is 4.39 Å². The van der Waals surface area contributed by atoms with E-state index in [1.165, 1.54) is 18.2 Å². The van der Waals surface area contributed by atoms with Crippen molar-refractivity contribution in [1.82, 2.24) is 5.32 Å². The third kappa shape index (κ3) is 2.89. The number of rotatable bonds is 4. The molecule has 0 fully saturated rings. The molecule has 0 aliphatic carbocycles. The number of hydrogen-bond acceptors (Lipinski definition) is 3. The summed E-state index contributed by atoms with van der Waals surface area (Å²) in [7, 11) is 1.64. The Morgan fingerprint density at radius 1 is 1.47 bits per heavy atom. The minimum atomic E-state index is -1.19. The first kappa shape index (κ1) is 12.4. The average Bonchev–Trinajstić information content (AvgIpc) is 2.21. The van der Waals surface area contributed by atoms with E-state index >= 15 is 0 Å². The quantitative estimate of drug-likeness (QED) is 0.730. The number of halogens is 2. The van der Waals surface area contributed by atoms with Crippen molar-refractivity contribution < 1.29 is 14.6 Å². The molecule has 1 rings (SSSR count). The molecule has 2 atom stereocenters. The highest BCUT2D eigenvalue weighted by atomic mass is 35.5. The normalized spacial score (nSPS) is 15.0. The van der Waals surface area contributed by atoms with Crippen LogP contribution in [0, 0.1) is 5.82 Å². The van der Waals surface area contributed by atoms with Crippen LogP contribution in [0.25, 0.3) is 0 Å². The van der Waals surface area contributed by atoms with Gasteiger partial charge < -0.3 is 15.5 Å². The molecule has 1 aromatic rings. The van der Waals surface area contributed by atoms with Crippen LogP contribution in [0.5, 0.6) is 0 Å². The largest absolute Gasteiger partial charge is 0.389 e. The monoisotopic (exact) mass is 233 g/mol. The van der Waals surface area contributed by atoms with E-state index < -0.39 is 18.0 Å². The van der Waals surface area contributed by atoms with Gasteiger partial charge in [0, 0.05) is 12.1 Å². The molecule has 1 aromatic carbocycles. The molecule has 3 N–H and O–H groups in total. The summed E-state index contributed by atoms with van der Waals surface area (Å²) >= 11 is 5.67. The lowest BCUT2D eigenvalue weighted by Crippen LogP contribution is -2.29. The second kappa shape index (κ2) is 5.42. The van der Waals surface area contributed by atoms with E-state index in [1.807, 2.05) is 0 Å². The molecule has 0 saturated carbocycles. The van der Waals surface area contributed by atoms with Gasteiger partial charge in [-0.2, -0.15) is 0 Å². The summed E-state index contributed by atoms with van der Waals surface area (Å²) in [5.41, 5.74) is 0.194. The minimum absolute atomic E-state index is 0.153. The molecule has 0 aliphatic heterocycles. The molecule has 0 spiro atoms. The molecule has 0 saturated heterocycles. The van der Waals surface area contributed by atoms with Crippen molar-refractivity contribution >= 4 is 11.6 Å². The zero-order chi connectivity index (χ0) is 11.4. The molecule has 0 heterocycles. The lowest BCUT2D eigenvalue weighted by Gasteiger charge is -2.18. The standard InChI is InChI=1S/C10H13ClFNO2/c1-13-5-8(14)10(15)6-3-2-4-7(12)9(6)11/h2-4,8,10,13-15H,5H2,1H3. The van der Waals surface area contributed by atoms with Crippen molar-refractivity contribution in [3.8, 4) is 0 Å². The Labute approximate surface area is 92.5 Å². The van der Waals surface area contributed by atoms with Crippen molar-refractivity contribution in [2.75, 3.05) is 13.6 Å². The Balaban J connectivity index is 2.90. The molecule has 0 radical (unpaired) electrons. The molecule has 15 heavy (non-hydrogen) atoms. The fourth-order valence-corrected chi connectivity index (χ4v) is 1.51. The third-order valence-electron chi connectivity index (χ3n) is 2.08. The summed E-state index contributed by atoms with van der Waals surface area (Å²) in [6.07, 6.45) is -2.21. The summed E-state index contributed by atoms with van der Waals surface area (Å²) in [5, 5.41) is 21.7. The van der Waals surface area contributed by atoms with E-state index in [1.54, 1.807) is 7.05 Å². The van der Waals surface area contributed by atoms with E-state index in [0.29, 0.717) is 0 Å². The topological polar surface area (TPSA) is 52.5 Å². The highest BCUT2D eigenvalue weighted by molar-refractivity contribution is 6.31. The summed E-state index contributed by atoms with van der Waals surface area (Å²) in [5.74, 6) is -0.607. The maximum absolute atomic E-state index is 13.0. The van der Waals surface area contributed by atoms with Crippen LogP contribution in [-0.4, -0.2) is 29.9 Å². The van der Waals surface area contributed by atoms with Gasteiger partial charge in [-0.1, -0.05) is 23.7 Å². The van der Waals surface area contributed by atoms with Crippen LogP contribution < -0.4 is 5.32 Å². The van der Waals surface area contributed by atoms with Gasteiger partial charge in [-0.25, -0.2) is 4.39 Å². The molecule has 0 amide bonds. The SMILES string of the molecule is CNCC(O)C(O)c1cccc(F)c1Cl. The Morgan fingerprint density at radius 3 is 2.73 bits per heavy atom. The van der Waals surface area contributed by atoms with Crippen LogP contribution in [-0.2, 0) is 0 Å². The van der Waals surface area contributed by atoms with E-state index in [-0.39, 0.29) is 17.1 Å². The van der Waals surface area contributed by atoms with Gasteiger partial charge >= 0.3 is 0 Å². The average molecular weight is 234 g/mol. The summed E-state index contributed by atoms with van der Waals surface area (Å²) in [6, 6.07) is 4.11. The van der Waals surface area contributed by atoms with Gasteiger partial charge in [-0.05, 0) is 13.1 Å². The lowest BCUT2D eigenvalue weighted by atomic mass is 10.0. The molecule has 5 heteroatoms. The third-order valence-corrected chi connectivity index (χ3v) is 2.48.